The van der Waals surface area contributed by atoms with Crippen molar-refractivity contribution in [2.75, 3.05) is 11.6 Å². The molecule has 1 atom stereocenters. The number of nitrogens with zero attached hydrogens (tertiary/aromatic N) is 3. The van der Waals surface area contributed by atoms with Crippen molar-refractivity contribution in [3.8, 4) is 10.8 Å². The predicted octanol–water partition coefficient (Wildman–Crippen LogP) is 3.64. The van der Waals surface area contributed by atoms with Crippen molar-refractivity contribution in [1.29, 1.82) is 0 Å². The maximum Gasteiger partial charge on any atom is 0.250 e. The number of aromatic nitrogens is 3. The van der Waals surface area contributed by atoms with Gasteiger partial charge < -0.3 is 9.87 Å². The Bertz CT molecular complexity index is 713. The zero-order valence-corrected chi connectivity index (χ0v) is 15.0. The number of rotatable bonds is 4. The fourth-order valence-electron chi connectivity index (χ4n) is 2.59. The van der Waals surface area contributed by atoms with Crippen molar-refractivity contribution < 1.29 is 13.3 Å². The van der Waals surface area contributed by atoms with Crippen molar-refractivity contribution in [2.24, 2.45) is 0 Å². The molecule has 24 heavy (non-hydrogen) atoms. The highest BCUT2D eigenvalue weighted by atomic mass is 32.2. The second-order valence-corrected chi connectivity index (χ2v) is 8.12. The van der Waals surface area contributed by atoms with Crippen LogP contribution in [0.15, 0.2) is 16.5 Å². The van der Waals surface area contributed by atoms with E-state index in [9.17, 15) is 13.3 Å². The lowest BCUT2D eigenvalue weighted by Gasteiger charge is -2.29. The number of aryl methyl sites for hydroxylation is 1. The Morgan fingerprint density at radius 1 is 1.29 bits per heavy atom. The Kier molecular flexibility index (Phi) is 5.03. The molecule has 0 saturated heterocycles. The number of hydrogen-bond acceptors (Lipinski definition) is 6. The van der Waals surface area contributed by atoms with E-state index in [2.05, 4.69) is 20.3 Å². The number of halogens is 2. The van der Waals surface area contributed by atoms with Crippen LogP contribution in [0.3, 0.4) is 0 Å². The van der Waals surface area contributed by atoms with Gasteiger partial charge in [0.05, 0.1) is 6.07 Å². The number of thiazole rings is 1. The Hall–Kier alpha value is -1.32. The molecule has 0 bridgehead atoms. The van der Waals surface area contributed by atoms with Crippen LogP contribution in [0.5, 0.6) is 0 Å². The van der Waals surface area contributed by atoms with Gasteiger partial charge >= 0.3 is 0 Å². The van der Waals surface area contributed by atoms with Crippen LogP contribution in [0.2, 0.25) is 0 Å². The minimum absolute atomic E-state index is 0.0662. The molecule has 1 unspecified atom stereocenters. The maximum atomic E-state index is 13.3. The lowest BCUT2D eigenvalue weighted by molar-refractivity contribution is -0.0361. The van der Waals surface area contributed by atoms with E-state index in [0.717, 1.165) is 5.69 Å². The van der Waals surface area contributed by atoms with Crippen LogP contribution in [0, 0.1) is 6.92 Å². The van der Waals surface area contributed by atoms with E-state index in [-0.39, 0.29) is 18.9 Å². The highest BCUT2D eigenvalue weighted by Crippen LogP contribution is 2.34. The molecule has 1 aliphatic rings. The van der Waals surface area contributed by atoms with Crippen LogP contribution in [0.1, 0.15) is 31.4 Å². The number of anilines is 1. The van der Waals surface area contributed by atoms with Gasteiger partial charge in [0.15, 0.2) is 10.8 Å². The average molecular weight is 372 g/mol. The third-order valence-corrected chi connectivity index (χ3v) is 5.63. The van der Waals surface area contributed by atoms with Gasteiger partial charge in [-0.1, -0.05) is 0 Å². The average Bonchev–Trinajstić information content (AvgIpc) is 2.96. The van der Waals surface area contributed by atoms with E-state index in [1.165, 1.54) is 11.3 Å². The standard InChI is InChI=1S/C15H18F2N4OS2/c1-9-8-23-14(18-9)13-20-11(7-12(21-13)24(2)22)19-10-3-5-15(16,17)6-4-10/h7-8,10H,3-6H2,1-2H3,(H,19,20,21). The van der Waals surface area contributed by atoms with Crippen LogP contribution in [0.25, 0.3) is 10.8 Å². The van der Waals surface area contributed by atoms with Crippen LogP contribution in [-0.4, -0.2) is 37.7 Å². The molecule has 1 N–H and O–H groups in total. The molecule has 1 fully saturated rings. The van der Waals surface area contributed by atoms with Gasteiger partial charge in [0.25, 0.3) is 0 Å². The van der Waals surface area contributed by atoms with E-state index < -0.39 is 17.1 Å². The van der Waals surface area contributed by atoms with E-state index in [1.54, 1.807) is 12.3 Å². The summed E-state index contributed by atoms with van der Waals surface area (Å²) in [7, 11) is 0. The summed E-state index contributed by atoms with van der Waals surface area (Å²) in [5.74, 6) is -1.65. The second kappa shape index (κ2) is 6.89. The maximum absolute atomic E-state index is 13.3. The Balaban J connectivity index is 1.83. The fraction of sp³-hybridized carbons (Fsp3) is 0.533. The van der Waals surface area contributed by atoms with Crippen molar-refractivity contribution in [1.82, 2.24) is 15.0 Å². The first kappa shape index (κ1) is 17.5. The highest BCUT2D eigenvalue weighted by Gasteiger charge is 2.35. The minimum Gasteiger partial charge on any atom is -0.610 e. The Morgan fingerprint density at radius 3 is 2.58 bits per heavy atom. The van der Waals surface area contributed by atoms with Gasteiger partial charge in [-0.2, -0.15) is 4.98 Å². The largest absolute Gasteiger partial charge is 0.610 e. The van der Waals surface area contributed by atoms with Crippen LogP contribution < -0.4 is 5.32 Å². The first-order valence-electron chi connectivity index (χ1n) is 7.62. The van der Waals surface area contributed by atoms with Gasteiger partial charge in [-0.25, -0.2) is 18.7 Å². The molecule has 2 aromatic rings. The van der Waals surface area contributed by atoms with Crippen molar-refractivity contribution in [3.05, 3.63) is 17.1 Å². The first-order valence-corrected chi connectivity index (χ1v) is 10.1. The van der Waals surface area contributed by atoms with Crippen LogP contribution in [0.4, 0.5) is 14.6 Å². The van der Waals surface area contributed by atoms with Crippen LogP contribution >= 0.6 is 11.3 Å². The quantitative estimate of drug-likeness (QED) is 0.655. The third-order valence-electron chi connectivity index (χ3n) is 3.88. The smallest absolute Gasteiger partial charge is 0.250 e. The fourth-order valence-corrected chi connectivity index (χ4v) is 3.81. The summed E-state index contributed by atoms with van der Waals surface area (Å²) in [6.07, 6.45) is 2.06. The summed E-state index contributed by atoms with van der Waals surface area (Å²) < 4.78 is 38.4. The Morgan fingerprint density at radius 2 is 2.00 bits per heavy atom. The van der Waals surface area contributed by atoms with E-state index in [4.69, 9.17) is 0 Å². The topological polar surface area (TPSA) is 73.8 Å². The number of nitrogens with one attached hydrogen (secondary N) is 1. The van der Waals surface area contributed by atoms with E-state index in [1.807, 2.05) is 12.3 Å². The van der Waals surface area contributed by atoms with E-state index >= 15 is 0 Å². The van der Waals surface area contributed by atoms with Gasteiger partial charge in [-0.15, -0.1) is 11.3 Å². The van der Waals surface area contributed by atoms with Gasteiger partial charge in [0.1, 0.15) is 12.1 Å². The molecule has 0 aliphatic heterocycles. The van der Waals surface area contributed by atoms with Crippen molar-refractivity contribution in [2.45, 2.75) is 49.6 Å². The summed E-state index contributed by atoms with van der Waals surface area (Å²) in [6, 6.07) is 1.55. The summed E-state index contributed by atoms with van der Waals surface area (Å²) >= 11 is 0.146. The summed E-state index contributed by atoms with van der Waals surface area (Å²) in [4.78, 5) is 13.1. The molecular formula is C15H18F2N4OS2. The molecule has 2 heterocycles. The number of hydrogen-bond donors (Lipinski definition) is 1. The van der Waals surface area contributed by atoms with Gasteiger partial charge in [-0.05, 0) is 19.8 Å². The van der Waals surface area contributed by atoms with Crippen LogP contribution in [-0.2, 0) is 11.2 Å². The summed E-state index contributed by atoms with van der Waals surface area (Å²) in [6.45, 7) is 1.88. The molecule has 2 aromatic heterocycles. The summed E-state index contributed by atoms with van der Waals surface area (Å²) in [5.41, 5.74) is 0.866. The van der Waals surface area contributed by atoms with E-state index in [0.29, 0.717) is 34.5 Å². The first-order chi connectivity index (χ1) is 11.3. The minimum atomic E-state index is -2.57. The molecule has 1 saturated carbocycles. The monoisotopic (exact) mass is 372 g/mol. The molecule has 0 spiro atoms. The highest BCUT2D eigenvalue weighted by molar-refractivity contribution is 7.90. The molecule has 130 valence electrons. The predicted molar refractivity (Wildman–Crippen MR) is 91.0 cm³/mol. The summed E-state index contributed by atoms with van der Waals surface area (Å²) in [5, 5.41) is 6.13. The zero-order chi connectivity index (χ0) is 17.3. The molecule has 5 nitrogen and oxygen atoms in total. The molecule has 1 aliphatic carbocycles. The van der Waals surface area contributed by atoms with Gasteiger partial charge in [-0.3, -0.25) is 0 Å². The van der Waals surface area contributed by atoms with Crippen molar-refractivity contribution >= 4 is 28.3 Å². The van der Waals surface area contributed by atoms with Gasteiger partial charge in [0.2, 0.25) is 10.9 Å². The van der Waals surface area contributed by atoms with Gasteiger partial charge in [0, 0.05) is 41.1 Å². The lowest BCUT2D eigenvalue weighted by Crippen LogP contribution is -2.32. The zero-order valence-electron chi connectivity index (χ0n) is 13.4. The Labute approximate surface area is 146 Å². The molecule has 0 amide bonds. The molecule has 0 aromatic carbocycles. The lowest BCUT2D eigenvalue weighted by atomic mass is 9.92. The van der Waals surface area contributed by atoms with Crippen molar-refractivity contribution in [3.63, 3.8) is 0 Å². The second-order valence-electron chi connectivity index (χ2n) is 5.94. The normalized spacial score (nSPS) is 19.2. The molecule has 3 rings (SSSR count). The molecule has 0 radical (unpaired) electrons. The number of alkyl halides is 2. The SMILES string of the molecule is Cc1csc(-c2nc(NC3CCC(F)(F)CC3)cc([S+](C)[O-])n2)n1. The molecular weight excluding hydrogens is 354 g/mol. The third kappa shape index (κ3) is 4.20. The molecule has 9 heteroatoms.